The van der Waals surface area contributed by atoms with Crippen LogP contribution in [0.2, 0.25) is 0 Å². The zero-order valence-electron chi connectivity index (χ0n) is 7.61. The van der Waals surface area contributed by atoms with Crippen molar-refractivity contribution in [3.63, 3.8) is 0 Å². The standard InChI is InChI=1S/C10H9NO2S/c1-11-10(12)13-8-3-2-7-4-5-14-9(7)6-8/h2-6H,1H3,(H,11,12). The maximum Gasteiger partial charge on any atom is 0.412 e. The third kappa shape index (κ3) is 1.70. The van der Waals surface area contributed by atoms with Crippen molar-refractivity contribution >= 4 is 27.5 Å². The van der Waals surface area contributed by atoms with Crippen molar-refractivity contribution in [3.8, 4) is 5.75 Å². The van der Waals surface area contributed by atoms with Crippen LogP contribution in [0.15, 0.2) is 29.6 Å². The summed E-state index contributed by atoms with van der Waals surface area (Å²) in [6.45, 7) is 0. The lowest BCUT2D eigenvalue weighted by atomic mass is 10.2. The molecule has 0 unspecified atom stereocenters. The number of thiophene rings is 1. The molecule has 1 heterocycles. The molecule has 4 heteroatoms. The van der Waals surface area contributed by atoms with Gasteiger partial charge in [0, 0.05) is 11.7 Å². The summed E-state index contributed by atoms with van der Waals surface area (Å²) in [5.41, 5.74) is 0. The summed E-state index contributed by atoms with van der Waals surface area (Å²) in [6, 6.07) is 7.60. The van der Waals surface area contributed by atoms with Crippen LogP contribution in [0.4, 0.5) is 4.79 Å². The minimum Gasteiger partial charge on any atom is -0.410 e. The monoisotopic (exact) mass is 207 g/mol. The van der Waals surface area contributed by atoms with E-state index in [0.29, 0.717) is 5.75 Å². The topological polar surface area (TPSA) is 38.3 Å². The number of carbonyl (C=O) groups excluding carboxylic acids is 1. The number of rotatable bonds is 1. The van der Waals surface area contributed by atoms with Gasteiger partial charge in [0.25, 0.3) is 0 Å². The van der Waals surface area contributed by atoms with Crippen molar-refractivity contribution < 1.29 is 9.53 Å². The van der Waals surface area contributed by atoms with Crippen LogP contribution < -0.4 is 10.1 Å². The molecule has 0 saturated heterocycles. The highest BCUT2D eigenvalue weighted by molar-refractivity contribution is 7.17. The molecule has 0 aliphatic carbocycles. The molecule has 0 atom stereocenters. The van der Waals surface area contributed by atoms with Crippen molar-refractivity contribution in [2.75, 3.05) is 7.05 Å². The van der Waals surface area contributed by atoms with Crippen LogP contribution in [0, 0.1) is 0 Å². The number of nitrogens with one attached hydrogen (secondary N) is 1. The average molecular weight is 207 g/mol. The lowest BCUT2D eigenvalue weighted by Gasteiger charge is -2.02. The van der Waals surface area contributed by atoms with E-state index < -0.39 is 6.09 Å². The van der Waals surface area contributed by atoms with Crippen LogP contribution in [0.25, 0.3) is 10.1 Å². The van der Waals surface area contributed by atoms with Crippen molar-refractivity contribution in [1.82, 2.24) is 5.32 Å². The fraction of sp³-hybridized carbons (Fsp3) is 0.100. The van der Waals surface area contributed by atoms with Gasteiger partial charge in [-0.2, -0.15) is 0 Å². The lowest BCUT2D eigenvalue weighted by Crippen LogP contribution is -2.21. The molecule has 1 aromatic carbocycles. The maximum atomic E-state index is 10.9. The van der Waals surface area contributed by atoms with Gasteiger partial charge in [-0.15, -0.1) is 11.3 Å². The fourth-order valence-electron chi connectivity index (χ4n) is 1.16. The number of fused-ring (bicyclic) bond motifs is 1. The van der Waals surface area contributed by atoms with Gasteiger partial charge >= 0.3 is 6.09 Å². The van der Waals surface area contributed by atoms with Gasteiger partial charge in [-0.3, -0.25) is 0 Å². The highest BCUT2D eigenvalue weighted by Crippen LogP contribution is 2.25. The van der Waals surface area contributed by atoms with Gasteiger partial charge < -0.3 is 10.1 Å². The first-order valence-electron chi connectivity index (χ1n) is 4.16. The van der Waals surface area contributed by atoms with E-state index in [4.69, 9.17) is 4.74 Å². The van der Waals surface area contributed by atoms with Crippen molar-refractivity contribution in [1.29, 1.82) is 0 Å². The Morgan fingerprint density at radius 3 is 3.07 bits per heavy atom. The molecule has 3 nitrogen and oxygen atoms in total. The molecule has 1 amide bonds. The zero-order chi connectivity index (χ0) is 9.97. The van der Waals surface area contributed by atoms with Gasteiger partial charge in [0.2, 0.25) is 0 Å². The number of benzene rings is 1. The van der Waals surface area contributed by atoms with E-state index in [0.717, 1.165) is 4.70 Å². The van der Waals surface area contributed by atoms with Crippen LogP contribution in [-0.4, -0.2) is 13.1 Å². The van der Waals surface area contributed by atoms with Crippen LogP contribution in [0.1, 0.15) is 0 Å². The van der Waals surface area contributed by atoms with Crippen molar-refractivity contribution in [2.45, 2.75) is 0 Å². The predicted molar refractivity (Wildman–Crippen MR) is 56.9 cm³/mol. The van der Waals surface area contributed by atoms with Crippen molar-refractivity contribution in [2.24, 2.45) is 0 Å². The molecule has 0 bridgehead atoms. The second kappa shape index (κ2) is 3.67. The molecule has 2 aromatic rings. The first kappa shape index (κ1) is 9.02. The fourth-order valence-corrected chi connectivity index (χ4v) is 1.97. The van der Waals surface area contributed by atoms with Crippen molar-refractivity contribution in [3.05, 3.63) is 29.6 Å². The molecule has 1 N–H and O–H groups in total. The molecular formula is C10H9NO2S. The van der Waals surface area contributed by atoms with Gasteiger partial charge in [-0.25, -0.2) is 4.79 Å². The number of carbonyl (C=O) groups is 1. The lowest BCUT2D eigenvalue weighted by molar-refractivity contribution is 0.203. The molecule has 1 aromatic heterocycles. The Morgan fingerprint density at radius 2 is 2.29 bits per heavy atom. The van der Waals surface area contributed by atoms with Gasteiger partial charge in [0.05, 0.1) is 0 Å². The Morgan fingerprint density at radius 1 is 1.43 bits per heavy atom. The highest BCUT2D eigenvalue weighted by atomic mass is 32.1. The van der Waals surface area contributed by atoms with Crippen LogP contribution in [0.5, 0.6) is 5.75 Å². The Kier molecular flexibility index (Phi) is 2.37. The summed E-state index contributed by atoms with van der Waals surface area (Å²) in [7, 11) is 1.53. The molecule has 72 valence electrons. The molecule has 2 rings (SSSR count). The maximum absolute atomic E-state index is 10.9. The van der Waals surface area contributed by atoms with E-state index in [9.17, 15) is 4.79 Å². The summed E-state index contributed by atoms with van der Waals surface area (Å²) < 4.78 is 6.11. The number of hydrogen-bond donors (Lipinski definition) is 1. The van der Waals surface area contributed by atoms with Crippen LogP contribution >= 0.6 is 11.3 Å². The SMILES string of the molecule is CNC(=O)Oc1ccc2ccsc2c1. The average Bonchev–Trinajstić information content (AvgIpc) is 2.64. The minimum atomic E-state index is -0.444. The third-order valence-electron chi connectivity index (χ3n) is 1.84. The predicted octanol–water partition coefficient (Wildman–Crippen LogP) is 2.62. The minimum absolute atomic E-state index is 0.444. The van der Waals surface area contributed by atoms with Gasteiger partial charge in [-0.05, 0) is 35.0 Å². The van der Waals surface area contributed by atoms with Gasteiger partial charge in [0.1, 0.15) is 5.75 Å². The summed E-state index contributed by atoms with van der Waals surface area (Å²) in [5.74, 6) is 0.569. The van der Waals surface area contributed by atoms with E-state index in [1.165, 1.54) is 12.4 Å². The Balaban J connectivity index is 2.30. The molecule has 0 spiro atoms. The Bertz CT molecular complexity index is 464. The first-order chi connectivity index (χ1) is 6.79. The normalized spacial score (nSPS) is 10.1. The first-order valence-corrected chi connectivity index (χ1v) is 5.04. The van der Waals surface area contributed by atoms with Gasteiger partial charge in [-0.1, -0.05) is 0 Å². The smallest absolute Gasteiger partial charge is 0.410 e. The Hall–Kier alpha value is -1.55. The summed E-state index contributed by atoms with van der Waals surface area (Å²) in [4.78, 5) is 10.9. The molecule has 0 aliphatic heterocycles. The Labute approximate surface area is 85.3 Å². The second-order valence-corrected chi connectivity index (χ2v) is 3.71. The number of amides is 1. The van der Waals surface area contributed by atoms with E-state index in [1.807, 2.05) is 23.6 Å². The molecule has 0 radical (unpaired) electrons. The van der Waals surface area contributed by atoms with E-state index >= 15 is 0 Å². The van der Waals surface area contributed by atoms with Crippen LogP contribution in [-0.2, 0) is 0 Å². The molecule has 14 heavy (non-hydrogen) atoms. The highest BCUT2D eigenvalue weighted by Gasteiger charge is 2.02. The quantitative estimate of drug-likeness (QED) is 0.780. The van der Waals surface area contributed by atoms with Crippen LogP contribution in [0.3, 0.4) is 0 Å². The largest absolute Gasteiger partial charge is 0.412 e. The molecular weight excluding hydrogens is 198 g/mol. The second-order valence-electron chi connectivity index (χ2n) is 2.76. The number of ether oxygens (including phenoxy) is 1. The summed E-state index contributed by atoms with van der Waals surface area (Å²) in [6.07, 6.45) is -0.444. The summed E-state index contributed by atoms with van der Waals surface area (Å²) in [5, 5.41) is 5.57. The van der Waals surface area contributed by atoms with E-state index in [2.05, 4.69) is 5.32 Å². The van der Waals surface area contributed by atoms with E-state index in [1.54, 1.807) is 17.4 Å². The van der Waals surface area contributed by atoms with E-state index in [-0.39, 0.29) is 0 Å². The third-order valence-corrected chi connectivity index (χ3v) is 2.72. The number of hydrogen-bond acceptors (Lipinski definition) is 3. The molecule has 0 fully saturated rings. The van der Waals surface area contributed by atoms with Gasteiger partial charge in [0.15, 0.2) is 0 Å². The molecule has 0 saturated carbocycles. The zero-order valence-corrected chi connectivity index (χ0v) is 8.43. The molecule has 0 aliphatic rings. The summed E-state index contributed by atoms with van der Waals surface area (Å²) >= 11 is 1.62.